The molecule has 2 aliphatic rings. The number of halogens is 1. The predicted molar refractivity (Wildman–Crippen MR) is 111 cm³/mol. The molecule has 2 aromatic carbocycles. The summed E-state index contributed by atoms with van der Waals surface area (Å²) >= 11 is 0. The van der Waals surface area contributed by atoms with E-state index in [1.165, 1.54) is 0 Å². The van der Waals surface area contributed by atoms with E-state index in [0.29, 0.717) is 24.3 Å². The van der Waals surface area contributed by atoms with E-state index in [0.717, 1.165) is 37.0 Å². The van der Waals surface area contributed by atoms with Crippen molar-refractivity contribution in [3.05, 3.63) is 71.8 Å². The molecule has 2 saturated heterocycles. The number of ether oxygens (including phenoxy) is 3. The van der Waals surface area contributed by atoms with Crippen molar-refractivity contribution in [3.63, 3.8) is 0 Å². The van der Waals surface area contributed by atoms with Gasteiger partial charge in [0.05, 0.1) is 33.4 Å². The van der Waals surface area contributed by atoms with Crippen molar-refractivity contribution in [1.82, 2.24) is 0 Å². The lowest BCUT2D eigenvalue weighted by Crippen LogP contribution is -3.00. The summed E-state index contributed by atoms with van der Waals surface area (Å²) in [4.78, 5) is 13.3. The molecule has 0 unspecified atom stereocenters. The first-order chi connectivity index (χ1) is 14.5. The molecule has 168 valence electrons. The summed E-state index contributed by atoms with van der Waals surface area (Å²) in [5.41, 5.74) is -0.815. The summed E-state index contributed by atoms with van der Waals surface area (Å²) in [6, 6.07) is 18.0. The van der Waals surface area contributed by atoms with Crippen molar-refractivity contribution < 1.29 is 45.6 Å². The number of likely N-dealkylation sites (tertiary alicyclic amines) is 1. The number of carbonyl (C=O) groups is 1. The van der Waals surface area contributed by atoms with Crippen molar-refractivity contribution in [1.29, 1.82) is 0 Å². The van der Waals surface area contributed by atoms with Crippen LogP contribution in [0.25, 0.3) is 0 Å². The lowest BCUT2D eigenvalue weighted by atomic mass is 9.86. The maximum absolute atomic E-state index is 13.3. The molecule has 0 spiro atoms. The van der Waals surface area contributed by atoms with Crippen molar-refractivity contribution in [2.45, 2.75) is 30.8 Å². The second-order valence-electron chi connectivity index (χ2n) is 8.47. The number of likely N-dealkylation sites (N-methyl/N-ethyl adjacent to an activating group) is 1. The zero-order valence-electron chi connectivity index (χ0n) is 17.8. The van der Waals surface area contributed by atoms with Gasteiger partial charge in [0.2, 0.25) is 11.9 Å². The monoisotopic (exact) mass is 491 g/mol. The fourth-order valence-electron chi connectivity index (χ4n) is 4.34. The van der Waals surface area contributed by atoms with Crippen LogP contribution in [0.1, 0.15) is 24.0 Å². The molecular formula is C24H30BrNO5. The van der Waals surface area contributed by atoms with E-state index in [9.17, 15) is 9.90 Å². The van der Waals surface area contributed by atoms with Crippen molar-refractivity contribution in [2.75, 3.05) is 39.9 Å². The van der Waals surface area contributed by atoms with Gasteiger partial charge < -0.3 is 40.8 Å². The number of esters is 1. The molecule has 0 atom stereocenters. The van der Waals surface area contributed by atoms with Gasteiger partial charge in [0.15, 0.2) is 0 Å². The summed E-state index contributed by atoms with van der Waals surface area (Å²) < 4.78 is 17.9. The highest BCUT2D eigenvalue weighted by Crippen LogP contribution is 2.32. The third kappa shape index (κ3) is 5.35. The Bertz CT molecular complexity index is 794. The van der Waals surface area contributed by atoms with E-state index in [-0.39, 0.29) is 29.4 Å². The van der Waals surface area contributed by atoms with Gasteiger partial charge in [-0.2, -0.15) is 0 Å². The second-order valence-corrected chi connectivity index (χ2v) is 8.47. The number of carbonyl (C=O) groups excluding carboxylic acids is 1. The highest BCUT2D eigenvalue weighted by molar-refractivity contribution is 5.85. The molecule has 0 saturated carbocycles. The molecule has 1 N–H and O–H groups in total. The molecule has 4 rings (SSSR count). The number of piperidine rings is 1. The van der Waals surface area contributed by atoms with Crippen LogP contribution in [0.2, 0.25) is 0 Å². The van der Waals surface area contributed by atoms with Crippen molar-refractivity contribution in [3.8, 4) is 0 Å². The van der Waals surface area contributed by atoms with Crippen molar-refractivity contribution in [2.24, 2.45) is 0 Å². The zero-order chi connectivity index (χ0) is 21.0. The highest BCUT2D eigenvalue weighted by Gasteiger charge is 2.44. The topological polar surface area (TPSA) is 65.0 Å². The number of hydrogen-bond donors (Lipinski definition) is 1. The maximum Gasteiger partial charge on any atom is 0.347 e. The van der Waals surface area contributed by atoms with E-state index in [4.69, 9.17) is 14.2 Å². The molecule has 31 heavy (non-hydrogen) atoms. The minimum absolute atomic E-state index is 0. The lowest BCUT2D eigenvalue weighted by molar-refractivity contribution is -0.920. The first-order valence-corrected chi connectivity index (χ1v) is 10.6. The van der Waals surface area contributed by atoms with Gasteiger partial charge >= 0.3 is 5.97 Å². The molecule has 2 aliphatic heterocycles. The number of benzene rings is 2. The standard InChI is InChI=1S/C24H30NO5.BrH/c1-25(18-22-28-16-17-29-22)14-12-21(13-15-25)30-23(26)24(27,19-8-4-2-5-9-19)20-10-6-3-7-11-20;/h2-11,21-22,27H,12-18H2,1H3;1H/q+1;/p-1. The van der Waals surface area contributed by atoms with Gasteiger partial charge in [-0.15, -0.1) is 0 Å². The quantitative estimate of drug-likeness (QED) is 0.434. The molecule has 0 bridgehead atoms. The summed E-state index contributed by atoms with van der Waals surface area (Å²) in [6.07, 6.45) is 1.13. The number of rotatable bonds is 6. The molecule has 0 aromatic heterocycles. The summed E-state index contributed by atoms with van der Waals surface area (Å²) in [5, 5.41) is 11.5. The maximum atomic E-state index is 13.3. The van der Waals surface area contributed by atoms with Crippen LogP contribution in [-0.2, 0) is 24.6 Å². The number of quaternary nitrogens is 1. The largest absolute Gasteiger partial charge is 1.00 e. The van der Waals surface area contributed by atoms with E-state index in [2.05, 4.69) is 7.05 Å². The molecule has 2 fully saturated rings. The van der Waals surface area contributed by atoms with Crippen LogP contribution < -0.4 is 17.0 Å². The summed E-state index contributed by atoms with van der Waals surface area (Å²) in [5.74, 6) is -0.622. The van der Waals surface area contributed by atoms with Gasteiger partial charge in [-0.1, -0.05) is 60.7 Å². The SMILES string of the molecule is C[N+]1(CC2OCCO2)CCC(OC(=O)C(O)(c2ccccc2)c2ccccc2)CC1.[Br-]. The lowest BCUT2D eigenvalue weighted by Gasteiger charge is -2.41. The second kappa shape index (κ2) is 10.2. The van der Waals surface area contributed by atoms with Crippen molar-refractivity contribution >= 4 is 5.97 Å². The average Bonchev–Trinajstić information content (AvgIpc) is 3.28. The highest BCUT2D eigenvalue weighted by atomic mass is 79.9. The minimum atomic E-state index is -1.83. The summed E-state index contributed by atoms with van der Waals surface area (Å²) in [7, 11) is 2.19. The van der Waals surface area contributed by atoms with Gasteiger partial charge in [-0.25, -0.2) is 4.79 Å². The Morgan fingerprint density at radius 3 is 1.97 bits per heavy atom. The Hall–Kier alpha value is -1.77. The Labute approximate surface area is 194 Å². The smallest absolute Gasteiger partial charge is 0.347 e. The fourth-order valence-corrected chi connectivity index (χ4v) is 4.34. The number of hydrogen-bond acceptors (Lipinski definition) is 5. The van der Waals surface area contributed by atoms with Gasteiger partial charge in [-0.05, 0) is 11.1 Å². The Kier molecular flexibility index (Phi) is 7.88. The van der Waals surface area contributed by atoms with E-state index in [1.807, 2.05) is 36.4 Å². The van der Waals surface area contributed by atoms with E-state index < -0.39 is 11.6 Å². The average molecular weight is 492 g/mol. The van der Waals surface area contributed by atoms with Crippen LogP contribution in [0.15, 0.2) is 60.7 Å². The molecule has 7 heteroatoms. The first kappa shape index (κ1) is 23.9. The number of nitrogens with zero attached hydrogens (tertiary/aromatic N) is 1. The normalized spacial score (nSPS) is 24.4. The van der Waals surface area contributed by atoms with Crippen LogP contribution in [-0.4, -0.2) is 67.8 Å². The Morgan fingerprint density at radius 2 is 1.48 bits per heavy atom. The zero-order valence-corrected chi connectivity index (χ0v) is 19.4. The van der Waals surface area contributed by atoms with Gasteiger partial charge in [0, 0.05) is 12.8 Å². The molecule has 0 aliphatic carbocycles. The molecular weight excluding hydrogens is 462 g/mol. The van der Waals surface area contributed by atoms with Crippen LogP contribution in [0.4, 0.5) is 0 Å². The number of aliphatic hydroxyl groups is 1. The van der Waals surface area contributed by atoms with E-state index >= 15 is 0 Å². The molecule has 6 nitrogen and oxygen atoms in total. The van der Waals surface area contributed by atoms with Crippen LogP contribution in [0.5, 0.6) is 0 Å². The fraction of sp³-hybridized carbons (Fsp3) is 0.458. The molecule has 2 aromatic rings. The first-order valence-electron chi connectivity index (χ1n) is 10.6. The van der Waals surface area contributed by atoms with E-state index in [1.54, 1.807) is 24.3 Å². The van der Waals surface area contributed by atoms with Gasteiger partial charge in [0.1, 0.15) is 12.6 Å². The molecule has 2 heterocycles. The third-order valence-electron chi connectivity index (χ3n) is 6.21. The molecule has 0 radical (unpaired) electrons. The summed E-state index contributed by atoms with van der Waals surface area (Å²) in [6.45, 7) is 3.86. The Morgan fingerprint density at radius 1 is 1.00 bits per heavy atom. The van der Waals surface area contributed by atoms with Gasteiger partial charge in [-0.3, -0.25) is 0 Å². The predicted octanol–water partition coefficient (Wildman–Crippen LogP) is -0.548. The Balaban J connectivity index is 0.00000272. The van der Waals surface area contributed by atoms with Gasteiger partial charge in [0.25, 0.3) is 0 Å². The minimum Gasteiger partial charge on any atom is -1.00 e. The van der Waals surface area contributed by atoms with Crippen LogP contribution >= 0.6 is 0 Å². The van der Waals surface area contributed by atoms with Crippen LogP contribution in [0, 0.1) is 0 Å². The third-order valence-corrected chi connectivity index (χ3v) is 6.21. The molecule has 0 amide bonds. The van der Waals surface area contributed by atoms with Crippen LogP contribution in [0.3, 0.4) is 0 Å².